The number of nitrogens with one attached hydrogen (secondary N) is 1. The number of alkyl halides is 3. The smallest absolute Gasteiger partial charge is 0.352 e. The standard InChI is InChI=1S/C30H34F3N3O4S/c1-5-22(3)34-29(38)23(4)35(19-24-13-10-9-12-21(24)2)28(37)20-36(41(39,40)27-16-7-6-8-17-27)26-15-11-14-25(18-26)30(31,32)33/h6-18,22-23H,5,19-20H2,1-4H3,(H,34,38)/t22-,23-/m0/s1. The van der Waals surface area contributed by atoms with Crippen molar-refractivity contribution in [2.24, 2.45) is 0 Å². The van der Waals surface area contributed by atoms with Crippen LogP contribution in [-0.4, -0.2) is 43.8 Å². The molecule has 3 rings (SSSR count). The summed E-state index contributed by atoms with van der Waals surface area (Å²) in [5, 5.41) is 2.84. The van der Waals surface area contributed by atoms with E-state index in [1.165, 1.54) is 42.2 Å². The highest BCUT2D eigenvalue weighted by Gasteiger charge is 2.35. The molecule has 1 N–H and O–H groups in total. The van der Waals surface area contributed by atoms with Gasteiger partial charge in [-0.3, -0.25) is 13.9 Å². The summed E-state index contributed by atoms with van der Waals surface area (Å²) in [5.74, 6) is -1.19. The van der Waals surface area contributed by atoms with Crippen LogP contribution in [0.15, 0.2) is 83.8 Å². The SMILES string of the molecule is CC[C@H](C)NC(=O)[C@H](C)N(Cc1ccccc1C)C(=O)CN(c1cccc(C(F)(F)F)c1)S(=O)(=O)c1ccccc1. The lowest BCUT2D eigenvalue weighted by Crippen LogP contribution is -2.52. The van der Waals surface area contributed by atoms with Crippen LogP contribution in [-0.2, 0) is 32.3 Å². The van der Waals surface area contributed by atoms with Gasteiger partial charge in [-0.2, -0.15) is 13.2 Å². The van der Waals surface area contributed by atoms with Crippen molar-refractivity contribution >= 4 is 27.5 Å². The van der Waals surface area contributed by atoms with E-state index in [0.717, 1.165) is 23.3 Å². The highest BCUT2D eigenvalue weighted by molar-refractivity contribution is 7.92. The van der Waals surface area contributed by atoms with E-state index in [1.54, 1.807) is 18.2 Å². The van der Waals surface area contributed by atoms with Crippen LogP contribution in [0.3, 0.4) is 0 Å². The summed E-state index contributed by atoms with van der Waals surface area (Å²) in [6.07, 6.45) is -4.08. The van der Waals surface area contributed by atoms with Crippen LogP contribution in [0.25, 0.3) is 0 Å². The Morgan fingerprint density at radius 1 is 0.927 bits per heavy atom. The lowest BCUT2D eigenvalue weighted by atomic mass is 10.1. The van der Waals surface area contributed by atoms with Gasteiger partial charge in [-0.25, -0.2) is 8.42 Å². The number of halogens is 3. The number of amides is 2. The molecule has 3 aromatic rings. The molecule has 0 bridgehead atoms. The third-order valence-corrected chi connectivity index (χ3v) is 8.63. The van der Waals surface area contributed by atoms with Gasteiger partial charge in [0.05, 0.1) is 16.1 Å². The van der Waals surface area contributed by atoms with Crippen molar-refractivity contribution in [1.82, 2.24) is 10.2 Å². The molecule has 0 aromatic heterocycles. The van der Waals surface area contributed by atoms with Crippen molar-refractivity contribution in [2.45, 2.75) is 63.8 Å². The second-order valence-electron chi connectivity index (χ2n) is 9.81. The van der Waals surface area contributed by atoms with Gasteiger partial charge in [0, 0.05) is 12.6 Å². The van der Waals surface area contributed by atoms with Gasteiger partial charge in [0.25, 0.3) is 10.0 Å². The highest BCUT2D eigenvalue weighted by Crippen LogP contribution is 2.33. The summed E-state index contributed by atoms with van der Waals surface area (Å²) in [6, 6.07) is 17.0. The zero-order chi connectivity index (χ0) is 30.4. The fraction of sp³-hybridized carbons (Fsp3) is 0.333. The van der Waals surface area contributed by atoms with Crippen molar-refractivity contribution in [3.63, 3.8) is 0 Å². The topological polar surface area (TPSA) is 86.8 Å². The van der Waals surface area contributed by atoms with Crippen molar-refractivity contribution in [2.75, 3.05) is 10.8 Å². The molecule has 0 heterocycles. The van der Waals surface area contributed by atoms with Gasteiger partial charge in [0.1, 0.15) is 12.6 Å². The maximum Gasteiger partial charge on any atom is 0.416 e. The Labute approximate surface area is 239 Å². The fourth-order valence-electron chi connectivity index (χ4n) is 4.10. The van der Waals surface area contributed by atoms with Gasteiger partial charge in [0.15, 0.2) is 0 Å². The molecular formula is C30H34F3N3O4S. The molecule has 41 heavy (non-hydrogen) atoms. The van der Waals surface area contributed by atoms with E-state index in [2.05, 4.69) is 5.32 Å². The molecular weight excluding hydrogens is 555 g/mol. The van der Waals surface area contributed by atoms with Crippen LogP contribution in [0.2, 0.25) is 0 Å². The number of nitrogens with zero attached hydrogens (tertiary/aromatic N) is 2. The summed E-state index contributed by atoms with van der Waals surface area (Å²) in [7, 11) is -4.48. The number of anilines is 1. The Morgan fingerprint density at radius 3 is 2.17 bits per heavy atom. The number of rotatable bonds is 11. The normalized spacial score (nSPS) is 13.2. The Morgan fingerprint density at radius 2 is 1.56 bits per heavy atom. The molecule has 0 saturated heterocycles. The number of benzene rings is 3. The molecule has 7 nitrogen and oxygen atoms in total. The summed E-state index contributed by atoms with van der Waals surface area (Å²) < 4.78 is 68.8. The van der Waals surface area contributed by atoms with Crippen LogP contribution in [0.5, 0.6) is 0 Å². The Hall–Kier alpha value is -3.86. The maximum absolute atomic E-state index is 13.9. The maximum atomic E-state index is 13.9. The van der Waals surface area contributed by atoms with Crippen LogP contribution >= 0.6 is 0 Å². The number of carbonyl (C=O) groups is 2. The van der Waals surface area contributed by atoms with Crippen LogP contribution in [0, 0.1) is 6.92 Å². The predicted molar refractivity (Wildman–Crippen MR) is 152 cm³/mol. The predicted octanol–water partition coefficient (Wildman–Crippen LogP) is 5.54. The number of aryl methyl sites for hydroxylation is 1. The summed E-state index contributed by atoms with van der Waals surface area (Å²) in [6.45, 7) is 6.26. The van der Waals surface area contributed by atoms with Gasteiger partial charge >= 0.3 is 6.18 Å². The summed E-state index contributed by atoms with van der Waals surface area (Å²) in [4.78, 5) is 28.1. The van der Waals surface area contributed by atoms with Gasteiger partial charge in [0.2, 0.25) is 11.8 Å². The molecule has 0 fully saturated rings. The average Bonchev–Trinajstić information content (AvgIpc) is 2.94. The lowest BCUT2D eigenvalue weighted by Gasteiger charge is -2.33. The Bertz CT molecular complexity index is 1460. The van der Waals surface area contributed by atoms with Crippen LogP contribution in [0.1, 0.15) is 43.9 Å². The second-order valence-corrected chi connectivity index (χ2v) is 11.7. The van der Waals surface area contributed by atoms with E-state index in [1.807, 2.05) is 32.9 Å². The van der Waals surface area contributed by atoms with Gasteiger partial charge in [-0.15, -0.1) is 0 Å². The zero-order valence-corrected chi connectivity index (χ0v) is 24.2. The number of hydrogen-bond donors (Lipinski definition) is 1. The first-order chi connectivity index (χ1) is 19.3. The Kier molecular flexibility index (Phi) is 10.2. The van der Waals surface area contributed by atoms with E-state index in [4.69, 9.17) is 0 Å². The molecule has 2 atom stereocenters. The minimum Gasteiger partial charge on any atom is -0.352 e. The molecule has 0 saturated carbocycles. The monoisotopic (exact) mass is 589 g/mol. The van der Waals surface area contributed by atoms with Gasteiger partial charge in [-0.1, -0.05) is 55.5 Å². The first-order valence-electron chi connectivity index (χ1n) is 13.1. The molecule has 0 aliphatic rings. The third kappa shape index (κ3) is 7.87. The molecule has 0 radical (unpaired) electrons. The quantitative estimate of drug-likeness (QED) is 0.318. The van der Waals surface area contributed by atoms with Crippen LogP contribution < -0.4 is 9.62 Å². The van der Waals surface area contributed by atoms with E-state index in [9.17, 15) is 31.2 Å². The fourth-order valence-corrected chi connectivity index (χ4v) is 5.53. The van der Waals surface area contributed by atoms with Crippen molar-refractivity contribution < 1.29 is 31.2 Å². The Balaban J connectivity index is 2.08. The number of sulfonamides is 1. The largest absolute Gasteiger partial charge is 0.416 e. The second kappa shape index (κ2) is 13.2. The average molecular weight is 590 g/mol. The number of carbonyl (C=O) groups excluding carboxylic acids is 2. The van der Waals surface area contributed by atoms with Crippen molar-refractivity contribution in [3.05, 3.63) is 95.6 Å². The first kappa shape index (κ1) is 31.7. The van der Waals surface area contributed by atoms with E-state index in [-0.39, 0.29) is 23.2 Å². The zero-order valence-electron chi connectivity index (χ0n) is 23.4. The molecule has 0 aliphatic heterocycles. The minimum atomic E-state index is -4.73. The van der Waals surface area contributed by atoms with Crippen molar-refractivity contribution in [3.8, 4) is 0 Å². The lowest BCUT2D eigenvalue weighted by molar-refractivity contribution is -0.139. The third-order valence-electron chi connectivity index (χ3n) is 6.84. The highest BCUT2D eigenvalue weighted by atomic mass is 32.2. The van der Waals surface area contributed by atoms with Crippen molar-refractivity contribution in [1.29, 1.82) is 0 Å². The summed E-state index contributed by atoms with van der Waals surface area (Å²) in [5.41, 5.74) is 0.199. The molecule has 0 unspecified atom stereocenters. The van der Waals surface area contributed by atoms with Crippen LogP contribution in [0.4, 0.5) is 18.9 Å². The first-order valence-corrected chi connectivity index (χ1v) is 14.6. The molecule has 3 aromatic carbocycles. The number of hydrogen-bond acceptors (Lipinski definition) is 4. The molecule has 11 heteroatoms. The molecule has 0 spiro atoms. The molecule has 0 aliphatic carbocycles. The molecule has 220 valence electrons. The molecule has 2 amide bonds. The minimum absolute atomic E-state index is 0.0115. The van der Waals surface area contributed by atoms with E-state index in [0.29, 0.717) is 16.8 Å². The van der Waals surface area contributed by atoms with Gasteiger partial charge in [-0.05, 0) is 68.7 Å². The van der Waals surface area contributed by atoms with E-state index < -0.39 is 46.2 Å². The summed E-state index contributed by atoms with van der Waals surface area (Å²) >= 11 is 0. The van der Waals surface area contributed by atoms with Gasteiger partial charge < -0.3 is 10.2 Å². The van der Waals surface area contributed by atoms with E-state index >= 15 is 0 Å².